The Bertz CT molecular complexity index is 532. The number of hydrogen-bond donors (Lipinski definition) is 2. The molecule has 2 rings (SSSR count). The molecule has 1 saturated heterocycles. The van der Waals surface area contributed by atoms with E-state index >= 15 is 0 Å². The van der Waals surface area contributed by atoms with Gasteiger partial charge in [0, 0.05) is 13.1 Å². The van der Waals surface area contributed by atoms with E-state index in [1.54, 1.807) is 30.0 Å². The highest BCUT2D eigenvalue weighted by Gasteiger charge is 2.22. The first kappa shape index (κ1) is 14.2. The molecular weight excluding hydrogens is 256 g/mol. The van der Waals surface area contributed by atoms with Gasteiger partial charge in [0.15, 0.2) is 0 Å². The summed E-state index contributed by atoms with van der Waals surface area (Å²) >= 11 is 0. The number of nitriles is 1. The monoisotopic (exact) mass is 274 g/mol. The van der Waals surface area contributed by atoms with Crippen molar-refractivity contribution in [2.75, 3.05) is 37.4 Å². The molecule has 0 saturated carbocycles. The van der Waals surface area contributed by atoms with Crippen LogP contribution in [-0.2, 0) is 9.53 Å². The molecule has 1 aromatic carbocycles. The predicted molar refractivity (Wildman–Crippen MR) is 76.1 cm³/mol. The van der Waals surface area contributed by atoms with Gasteiger partial charge in [0.05, 0.1) is 30.2 Å². The van der Waals surface area contributed by atoms with Crippen molar-refractivity contribution >= 4 is 17.3 Å². The molecule has 1 amide bonds. The van der Waals surface area contributed by atoms with Crippen LogP contribution in [0.25, 0.3) is 0 Å². The van der Waals surface area contributed by atoms with E-state index in [2.05, 4.69) is 5.32 Å². The molecule has 3 N–H and O–H groups in total. The molecule has 6 nitrogen and oxygen atoms in total. The Balaban J connectivity index is 2.06. The zero-order valence-corrected chi connectivity index (χ0v) is 11.4. The van der Waals surface area contributed by atoms with Crippen LogP contribution in [0.15, 0.2) is 18.2 Å². The fourth-order valence-corrected chi connectivity index (χ4v) is 2.14. The molecule has 0 aromatic heterocycles. The van der Waals surface area contributed by atoms with E-state index in [1.807, 2.05) is 6.07 Å². The summed E-state index contributed by atoms with van der Waals surface area (Å²) in [6.45, 7) is 4.16. The van der Waals surface area contributed by atoms with Crippen LogP contribution in [0.3, 0.4) is 0 Å². The van der Waals surface area contributed by atoms with E-state index in [4.69, 9.17) is 15.7 Å². The molecule has 1 heterocycles. The Hall–Kier alpha value is -2.26. The number of nitrogens with zero attached hydrogens (tertiary/aromatic N) is 2. The zero-order valence-electron chi connectivity index (χ0n) is 11.4. The van der Waals surface area contributed by atoms with Crippen LogP contribution in [0, 0.1) is 11.3 Å². The molecule has 1 fully saturated rings. The number of para-hydroxylation sites is 1. The quantitative estimate of drug-likeness (QED) is 0.795. The van der Waals surface area contributed by atoms with Crippen LogP contribution < -0.4 is 11.1 Å². The van der Waals surface area contributed by atoms with Crippen molar-refractivity contribution in [2.45, 2.75) is 13.0 Å². The topological polar surface area (TPSA) is 91.4 Å². The van der Waals surface area contributed by atoms with E-state index in [0.717, 1.165) is 0 Å². The molecule has 1 aliphatic rings. The lowest BCUT2D eigenvalue weighted by Crippen LogP contribution is -2.47. The van der Waals surface area contributed by atoms with Gasteiger partial charge in [-0.1, -0.05) is 6.07 Å². The number of carbonyl (C=O) groups is 1. The average molecular weight is 274 g/mol. The van der Waals surface area contributed by atoms with Crippen molar-refractivity contribution in [3.63, 3.8) is 0 Å². The molecule has 20 heavy (non-hydrogen) atoms. The number of hydrogen-bond acceptors (Lipinski definition) is 5. The summed E-state index contributed by atoms with van der Waals surface area (Å²) in [6, 6.07) is 6.78. The predicted octanol–water partition coefficient (Wildman–Crippen LogP) is 0.800. The van der Waals surface area contributed by atoms with E-state index in [0.29, 0.717) is 43.2 Å². The van der Waals surface area contributed by atoms with E-state index in [9.17, 15) is 4.79 Å². The third-order valence-electron chi connectivity index (χ3n) is 3.29. The van der Waals surface area contributed by atoms with Gasteiger partial charge in [-0.2, -0.15) is 5.26 Å². The molecule has 0 aliphatic carbocycles. The summed E-state index contributed by atoms with van der Waals surface area (Å²) in [7, 11) is 0. The fourth-order valence-electron chi connectivity index (χ4n) is 2.14. The summed E-state index contributed by atoms with van der Waals surface area (Å²) < 4.78 is 5.23. The van der Waals surface area contributed by atoms with Crippen molar-refractivity contribution < 1.29 is 9.53 Å². The lowest BCUT2D eigenvalue weighted by atomic mass is 10.1. The van der Waals surface area contributed by atoms with Crippen molar-refractivity contribution in [3.8, 4) is 6.07 Å². The number of nitrogens with two attached hydrogens (primary N) is 1. The summed E-state index contributed by atoms with van der Waals surface area (Å²) in [5.74, 6) is 0.00932. The summed E-state index contributed by atoms with van der Waals surface area (Å²) in [5, 5.41) is 12.0. The van der Waals surface area contributed by atoms with Gasteiger partial charge in [-0.3, -0.25) is 4.79 Å². The Labute approximate surface area is 118 Å². The molecule has 0 spiro atoms. The minimum atomic E-state index is -0.399. The number of carbonyl (C=O) groups excluding carboxylic acids is 1. The number of rotatable bonds is 3. The molecule has 1 unspecified atom stereocenters. The van der Waals surface area contributed by atoms with Crippen LogP contribution >= 0.6 is 0 Å². The second-order valence-electron chi connectivity index (χ2n) is 4.68. The Morgan fingerprint density at radius 3 is 2.85 bits per heavy atom. The first-order valence-corrected chi connectivity index (χ1v) is 6.55. The van der Waals surface area contributed by atoms with Crippen LogP contribution in [0.4, 0.5) is 11.4 Å². The number of ether oxygens (including phenoxy) is 1. The van der Waals surface area contributed by atoms with Crippen molar-refractivity contribution in [3.05, 3.63) is 23.8 Å². The number of nitrogens with one attached hydrogen (secondary N) is 1. The highest BCUT2D eigenvalue weighted by molar-refractivity contribution is 5.86. The third-order valence-corrected chi connectivity index (χ3v) is 3.29. The maximum Gasteiger partial charge on any atom is 0.244 e. The maximum atomic E-state index is 12.3. The van der Waals surface area contributed by atoms with Gasteiger partial charge < -0.3 is 20.7 Å². The summed E-state index contributed by atoms with van der Waals surface area (Å²) in [4.78, 5) is 14.0. The van der Waals surface area contributed by atoms with Gasteiger partial charge >= 0.3 is 0 Å². The lowest BCUT2D eigenvalue weighted by Gasteiger charge is -2.30. The van der Waals surface area contributed by atoms with E-state index in [-0.39, 0.29) is 5.91 Å². The molecule has 1 aliphatic heterocycles. The molecule has 1 atom stereocenters. The van der Waals surface area contributed by atoms with Crippen molar-refractivity contribution in [1.82, 2.24) is 4.90 Å². The van der Waals surface area contributed by atoms with Gasteiger partial charge in [0.2, 0.25) is 5.91 Å². The smallest absolute Gasteiger partial charge is 0.244 e. The van der Waals surface area contributed by atoms with Crippen LogP contribution in [-0.4, -0.2) is 43.2 Å². The largest absolute Gasteiger partial charge is 0.396 e. The highest BCUT2D eigenvalue weighted by atomic mass is 16.5. The summed E-state index contributed by atoms with van der Waals surface area (Å²) in [6.07, 6.45) is 0. The standard InChI is InChI=1S/C14H18N4O2/c1-10(14(19)18-5-7-20-8-6-18)17-12-4-2-3-11(9-15)13(12)16/h2-4,10,17H,5-8,16H2,1H3. The molecule has 0 radical (unpaired) electrons. The van der Waals surface area contributed by atoms with E-state index in [1.165, 1.54) is 0 Å². The molecule has 106 valence electrons. The van der Waals surface area contributed by atoms with Crippen molar-refractivity contribution in [1.29, 1.82) is 5.26 Å². The van der Waals surface area contributed by atoms with Gasteiger partial charge in [0.25, 0.3) is 0 Å². The van der Waals surface area contributed by atoms with Gasteiger partial charge in [0.1, 0.15) is 12.1 Å². The minimum absolute atomic E-state index is 0.00932. The zero-order chi connectivity index (χ0) is 14.5. The Morgan fingerprint density at radius 2 is 2.20 bits per heavy atom. The first-order chi connectivity index (χ1) is 9.63. The average Bonchev–Trinajstić information content (AvgIpc) is 2.49. The van der Waals surface area contributed by atoms with Gasteiger partial charge in [-0.25, -0.2) is 0 Å². The van der Waals surface area contributed by atoms with Gasteiger partial charge in [-0.15, -0.1) is 0 Å². The van der Waals surface area contributed by atoms with Crippen LogP contribution in [0.2, 0.25) is 0 Å². The highest BCUT2D eigenvalue weighted by Crippen LogP contribution is 2.23. The lowest BCUT2D eigenvalue weighted by molar-refractivity contribution is -0.135. The van der Waals surface area contributed by atoms with Gasteiger partial charge in [-0.05, 0) is 19.1 Å². The second-order valence-corrected chi connectivity index (χ2v) is 4.68. The number of amides is 1. The first-order valence-electron chi connectivity index (χ1n) is 6.55. The number of benzene rings is 1. The fraction of sp³-hybridized carbons (Fsp3) is 0.429. The maximum absolute atomic E-state index is 12.3. The Kier molecular flexibility index (Phi) is 4.43. The van der Waals surface area contributed by atoms with Crippen molar-refractivity contribution in [2.24, 2.45) is 0 Å². The normalized spacial score (nSPS) is 16.3. The minimum Gasteiger partial charge on any atom is -0.396 e. The SMILES string of the molecule is CC(Nc1cccc(C#N)c1N)C(=O)N1CCOCC1. The number of nitrogen functional groups attached to an aromatic ring is 1. The second kappa shape index (κ2) is 6.26. The van der Waals surface area contributed by atoms with Crippen LogP contribution in [0.1, 0.15) is 12.5 Å². The molecule has 6 heteroatoms. The summed E-state index contributed by atoms with van der Waals surface area (Å²) in [5.41, 5.74) is 7.28. The molecule has 0 bridgehead atoms. The third kappa shape index (κ3) is 3.00. The number of anilines is 2. The van der Waals surface area contributed by atoms with Crippen LogP contribution in [0.5, 0.6) is 0 Å². The van der Waals surface area contributed by atoms with E-state index < -0.39 is 6.04 Å². The molecular formula is C14H18N4O2. The number of morpholine rings is 1. The Morgan fingerprint density at radius 1 is 1.50 bits per heavy atom. The molecule has 1 aromatic rings.